The van der Waals surface area contributed by atoms with Gasteiger partial charge in [-0.05, 0) is 49.5 Å². The number of azo groups is 1. The quantitative estimate of drug-likeness (QED) is 0.157. The van der Waals surface area contributed by atoms with Crippen LogP contribution in [-0.2, 0) is 20.2 Å². The van der Waals surface area contributed by atoms with Crippen LogP contribution in [0.15, 0.2) is 28.4 Å². The number of benzene rings is 1. The van der Waals surface area contributed by atoms with Crippen LogP contribution in [0, 0.1) is 18.3 Å². The van der Waals surface area contributed by atoms with E-state index in [1.807, 2.05) is 6.07 Å². The van der Waals surface area contributed by atoms with Gasteiger partial charge in [0, 0.05) is 30.3 Å². The fraction of sp³-hybridized carbons (Fsp3) is 0.412. The minimum Gasteiger partial charge on any atom is -0.748 e. The number of halogens is 1. The van der Waals surface area contributed by atoms with Gasteiger partial charge in [0.2, 0.25) is 0 Å². The molecule has 0 atom stereocenters. The van der Waals surface area contributed by atoms with Gasteiger partial charge in [-0.3, -0.25) is 0 Å². The Labute approximate surface area is 251 Å². The van der Waals surface area contributed by atoms with Gasteiger partial charge in [-0.2, -0.15) is 9.64 Å². The first kappa shape index (κ1) is 33.8. The van der Waals surface area contributed by atoms with Crippen LogP contribution in [0.25, 0.3) is 0 Å². The van der Waals surface area contributed by atoms with Crippen LogP contribution in [0.4, 0.5) is 16.4 Å². The van der Waals surface area contributed by atoms with Crippen molar-refractivity contribution in [2.45, 2.75) is 19.8 Å². The molecule has 0 radical (unpaired) electrons. The molecule has 174 valence electrons. The van der Waals surface area contributed by atoms with Crippen LogP contribution in [0.1, 0.15) is 24.1 Å². The van der Waals surface area contributed by atoms with Crippen LogP contribution >= 0.6 is 23.1 Å². The molecule has 0 amide bonds. The molecule has 2 rings (SSSR count). The minimum atomic E-state index is -4.40. The van der Waals surface area contributed by atoms with E-state index in [9.17, 15) is 25.9 Å². The molecule has 2 aromatic rings. The molecule has 0 N–H and O–H groups in total. The van der Waals surface area contributed by atoms with Crippen molar-refractivity contribution in [3.63, 3.8) is 0 Å². The van der Waals surface area contributed by atoms with E-state index in [-0.39, 0.29) is 90.1 Å². The fourth-order valence-electron chi connectivity index (χ4n) is 2.66. The molecule has 0 saturated carbocycles. The van der Waals surface area contributed by atoms with E-state index in [1.54, 1.807) is 24.0 Å². The summed E-state index contributed by atoms with van der Waals surface area (Å²) < 4.78 is 69.3. The summed E-state index contributed by atoms with van der Waals surface area (Å²) in [4.78, 5) is 1.63. The molecule has 1 heterocycles. The number of hydrogen-bond acceptors (Lipinski definition) is 12. The first-order valence-corrected chi connectivity index (χ1v) is 13.4. The van der Waals surface area contributed by atoms with Crippen LogP contribution in [0.5, 0.6) is 0 Å². The summed E-state index contributed by atoms with van der Waals surface area (Å²) in [6.07, 6.45) is 0.0212. The van der Waals surface area contributed by atoms with Crippen molar-refractivity contribution in [3.8, 4) is 6.07 Å². The number of nitriles is 1. The second-order valence-electron chi connectivity index (χ2n) is 6.61. The first-order chi connectivity index (χ1) is 14.9. The summed E-state index contributed by atoms with van der Waals surface area (Å²) in [5, 5.41) is 17.7. The van der Waals surface area contributed by atoms with Crippen molar-refractivity contribution < 1.29 is 85.1 Å². The van der Waals surface area contributed by atoms with Crippen LogP contribution in [-0.4, -0.2) is 54.9 Å². The zero-order valence-electron chi connectivity index (χ0n) is 18.8. The Hall–Kier alpha value is -0.150. The second-order valence-corrected chi connectivity index (χ2v) is 10.8. The maximum atomic E-state index is 10.9. The number of hydrogen-bond donors (Lipinski definition) is 0. The number of aryl methyl sites for hydroxylation is 1. The van der Waals surface area contributed by atoms with Crippen molar-refractivity contribution in [1.82, 2.24) is 4.37 Å². The van der Waals surface area contributed by atoms with Gasteiger partial charge in [0.05, 0.1) is 31.0 Å². The average molecular weight is 566 g/mol. The van der Waals surface area contributed by atoms with Gasteiger partial charge in [0.1, 0.15) is 17.3 Å². The minimum absolute atomic E-state index is 0. The molecular weight excluding hydrogens is 548 g/mol. The van der Waals surface area contributed by atoms with Gasteiger partial charge in [0.15, 0.2) is 5.00 Å². The van der Waals surface area contributed by atoms with E-state index in [1.165, 1.54) is 6.07 Å². The zero-order valence-corrected chi connectivity index (χ0v) is 26.0. The molecular formula is C17H18ClN5Na2O6S3. The second kappa shape index (κ2) is 15.2. The van der Waals surface area contributed by atoms with Gasteiger partial charge in [0.25, 0.3) is 0 Å². The molecule has 0 unspecified atom stereocenters. The standard InChI is InChI=1S/C17H20ClN5O6S3.2Na/c1-12-14(11-19)17(30-22-12)21-20-16-5-4-13(10-15(16)18)23(6-2-8-31(24,25)26)7-3-9-32(27,28)29;;/h4-5,10H,2-3,6-9H2,1H3,(H,24,25,26)(H,27,28,29);;/q;2*+1/p-2. The fourth-order valence-corrected chi connectivity index (χ4v) is 4.52. The number of anilines is 1. The molecule has 0 spiro atoms. The van der Waals surface area contributed by atoms with Gasteiger partial charge >= 0.3 is 59.1 Å². The zero-order chi connectivity index (χ0) is 23.9. The number of rotatable bonds is 11. The SMILES string of the molecule is Cc1nsc(N=Nc2ccc(N(CCCS(=O)(=O)[O-])CCCS(=O)(=O)[O-])cc2Cl)c1C#N.[Na+].[Na+]. The predicted molar refractivity (Wildman–Crippen MR) is 118 cm³/mol. The summed E-state index contributed by atoms with van der Waals surface area (Å²) >= 11 is 7.30. The summed E-state index contributed by atoms with van der Waals surface area (Å²) in [5.74, 6) is -1.17. The maximum absolute atomic E-state index is 10.9. The van der Waals surface area contributed by atoms with Crippen LogP contribution in [0.2, 0.25) is 5.02 Å². The van der Waals surface area contributed by atoms with Gasteiger partial charge in [-0.1, -0.05) is 11.6 Å². The van der Waals surface area contributed by atoms with E-state index < -0.39 is 31.7 Å². The summed E-state index contributed by atoms with van der Waals surface area (Å²) in [6.45, 7) is 1.94. The third-order valence-electron chi connectivity index (χ3n) is 4.15. The largest absolute Gasteiger partial charge is 1.00 e. The molecule has 34 heavy (non-hydrogen) atoms. The van der Waals surface area contributed by atoms with Gasteiger partial charge in [-0.25, -0.2) is 16.8 Å². The smallest absolute Gasteiger partial charge is 0.748 e. The molecule has 0 aliphatic carbocycles. The molecule has 0 aliphatic rings. The third kappa shape index (κ3) is 11.7. The third-order valence-corrected chi connectivity index (χ3v) is 6.85. The van der Waals surface area contributed by atoms with Crippen molar-refractivity contribution in [2.75, 3.05) is 29.5 Å². The Morgan fingerprint density at radius 2 is 1.65 bits per heavy atom. The topological polar surface area (TPSA) is 179 Å². The number of aromatic nitrogens is 1. The Morgan fingerprint density at radius 1 is 1.09 bits per heavy atom. The van der Waals surface area contributed by atoms with Crippen molar-refractivity contribution in [1.29, 1.82) is 5.26 Å². The van der Waals surface area contributed by atoms with E-state index in [0.717, 1.165) is 11.5 Å². The van der Waals surface area contributed by atoms with Crippen molar-refractivity contribution in [3.05, 3.63) is 34.5 Å². The molecule has 11 nitrogen and oxygen atoms in total. The monoisotopic (exact) mass is 565 g/mol. The summed E-state index contributed by atoms with van der Waals surface area (Å²) in [7, 11) is -8.80. The Morgan fingerprint density at radius 3 is 2.12 bits per heavy atom. The van der Waals surface area contributed by atoms with Gasteiger partial charge < -0.3 is 14.0 Å². The summed E-state index contributed by atoms with van der Waals surface area (Å²) in [6, 6.07) is 6.68. The molecule has 0 bridgehead atoms. The van der Waals surface area contributed by atoms with Crippen molar-refractivity contribution in [2.24, 2.45) is 10.2 Å². The predicted octanol–water partition coefficient (Wildman–Crippen LogP) is -2.92. The Balaban J connectivity index is 0.00000544. The molecule has 1 aromatic heterocycles. The average Bonchev–Trinajstić information content (AvgIpc) is 3.03. The van der Waals surface area contributed by atoms with E-state index in [4.69, 9.17) is 16.9 Å². The Bertz CT molecular complexity index is 1210. The molecule has 0 fully saturated rings. The maximum Gasteiger partial charge on any atom is 1.00 e. The van der Waals surface area contributed by atoms with Gasteiger partial charge in [-0.15, -0.1) is 10.2 Å². The van der Waals surface area contributed by atoms with E-state index in [0.29, 0.717) is 27.6 Å². The molecule has 1 aromatic carbocycles. The van der Waals surface area contributed by atoms with E-state index in [2.05, 4.69) is 14.6 Å². The first-order valence-electron chi connectivity index (χ1n) is 9.09. The van der Waals surface area contributed by atoms with Crippen LogP contribution in [0.3, 0.4) is 0 Å². The normalized spacial score (nSPS) is 11.5. The molecule has 0 aliphatic heterocycles. The van der Waals surface area contributed by atoms with Crippen molar-refractivity contribution >= 4 is 59.7 Å². The Kier molecular flexibility index (Phi) is 15.1. The van der Waals surface area contributed by atoms with E-state index >= 15 is 0 Å². The number of nitrogens with zero attached hydrogens (tertiary/aromatic N) is 5. The summed E-state index contributed by atoms with van der Waals surface area (Å²) in [5.41, 5.74) is 1.68. The molecule has 0 saturated heterocycles. The molecule has 17 heteroatoms. The van der Waals surface area contributed by atoms with Crippen LogP contribution < -0.4 is 64.0 Å².